The lowest BCUT2D eigenvalue weighted by molar-refractivity contribution is 0.381. The summed E-state index contributed by atoms with van der Waals surface area (Å²) in [6.45, 7) is 18.0. The Morgan fingerprint density at radius 2 is 1.23 bits per heavy atom. The molecule has 0 atom stereocenters. The van der Waals surface area contributed by atoms with Crippen LogP contribution in [0.3, 0.4) is 0 Å². The normalized spacial score (nSPS) is 12.3. The van der Waals surface area contributed by atoms with Crippen molar-refractivity contribution in [2.45, 2.75) is 79.1 Å². The molecule has 0 fully saturated rings. The molecule has 1 aromatic heterocycles. The van der Waals surface area contributed by atoms with Crippen LogP contribution in [0.15, 0.2) is 24.5 Å². The summed E-state index contributed by atoms with van der Waals surface area (Å²) in [5.74, 6) is 1.03. The molecule has 0 radical (unpaired) electrons. The van der Waals surface area contributed by atoms with Gasteiger partial charge in [-0.2, -0.15) is 0 Å². The molecule has 0 bridgehead atoms. The summed E-state index contributed by atoms with van der Waals surface area (Å²) >= 11 is 0. The van der Waals surface area contributed by atoms with Gasteiger partial charge in [0.05, 0.1) is 7.11 Å². The highest BCUT2D eigenvalue weighted by atomic mass is 16.5. The van der Waals surface area contributed by atoms with Gasteiger partial charge >= 0.3 is 0 Å². The lowest BCUT2D eigenvalue weighted by atomic mass is 9.77. The molecule has 26 heavy (non-hydrogen) atoms. The van der Waals surface area contributed by atoms with Crippen LogP contribution in [0.5, 0.6) is 5.75 Å². The topological polar surface area (TPSA) is 22.1 Å². The van der Waals surface area contributed by atoms with E-state index in [0.29, 0.717) is 0 Å². The highest BCUT2D eigenvalue weighted by Gasteiger charge is 2.28. The summed E-state index contributed by atoms with van der Waals surface area (Å²) in [4.78, 5) is 4.46. The van der Waals surface area contributed by atoms with E-state index in [1.165, 1.54) is 33.4 Å². The van der Waals surface area contributed by atoms with Gasteiger partial charge in [-0.3, -0.25) is 4.98 Å². The number of pyridine rings is 1. The first-order chi connectivity index (χ1) is 12.0. The molecule has 2 heteroatoms. The largest absolute Gasteiger partial charge is 0.496 e. The predicted molar refractivity (Wildman–Crippen MR) is 112 cm³/mol. The van der Waals surface area contributed by atoms with E-state index in [1.54, 1.807) is 7.11 Å². The van der Waals surface area contributed by atoms with Crippen molar-refractivity contribution in [3.05, 3.63) is 46.8 Å². The maximum absolute atomic E-state index is 5.92. The smallest absolute Gasteiger partial charge is 0.126 e. The van der Waals surface area contributed by atoms with Crippen LogP contribution >= 0.6 is 0 Å². The molecule has 0 N–H and O–H groups in total. The number of methoxy groups -OCH3 is 1. The molecule has 0 saturated heterocycles. The van der Waals surface area contributed by atoms with E-state index in [-0.39, 0.29) is 10.8 Å². The number of hydrogen-bond donors (Lipinski definition) is 0. The average Bonchev–Trinajstić information content (AvgIpc) is 2.58. The first kappa shape index (κ1) is 20.5. The van der Waals surface area contributed by atoms with Crippen molar-refractivity contribution < 1.29 is 4.74 Å². The van der Waals surface area contributed by atoms with Gasteiger partial charge in [-0.1, -0.05) is 55.4 Å². The minimum Gasteiger partial charge on any atom is -0.496 e. The van der Waals surface area contributed by atoms with Gasteiger partial charge in [0.1, 0.15) is 5.75 Å². The van der Waals surface area contributed by atoms with E-state index >= 15 is 0 Å². The van der Waals surface area contributed by atoms with Crippen LogP contribution in [0.25, 0.3) is 11.1 Å². The summed E-state index contributed by atoms with van der Waals surface area (Å²) in [5.41, 5.74) is 7.82. The fourth-order valence-corrected chi connectivity index (χ4v) is 3.57. The molecule has 0 aliphatic heterocycles. The summed E-state index contributed by atoms with van der Waals surface area (Å²) in [6, 6.07) is 4.67. The van der Waals surface area contributed by atoms with Gasteiger partial charge in [0.25, 0.3) is 0 Å². The highest BCUT2D eigenvalue weighted by Crippen LogP contribution is 2.43. The summed E-state index contributed by atoms with van der Waals surface area (Å²) in [6.07, 6.45) is 6.01. The second kappa shape index (κ2) is 7.42. The summed E-state index contributed by atoms with van der Waals surface area (Å²) in [7, 11) is 1.79. The number of aryl methyl sites for hydroxylation is 2. The second-order valence-corrected chi connectivity index (χ2v) is 9.14. The van der Waals surface area contributed by atoms with Crippen LogP contribution in [0, 0.1) is 0 Å². The molecule has 2 aromatic rings. The molecular formula is C24H35NO. The minimum absolute atomic E-state index is 0.00708. The molecule has 0 saturated carbocycles. The lowest BCUT2D eigenvalue weighted by Crippen LogP contribution is -2.19. The zero-order valence-electron chi connectivity index (χ0n) is 18.1. The van der Waals surface area contributed by atoms with E-state index in [4.69, 9.17) is 4.74 Å². The summed E-state index contributed by atoms with van der Waals surface area (Å²) in [5, 5.41) is 0. The fourth-order valence-electron chi connectivity index (χ4n) is 3.57. The molecule has 0 spiro atoms. The monoisotopic (exact) mass is 353 g/mol. The van der Waals surface area contributed by atoms with E-state index < -0.39 is 0 Å². The predicted octanol–water partition coefficient (Wildman–Crippen LogP) is 6.48. The Kier molecular flexibility index (Phi) is 5.85. The van der Waals surface area contributed by atoms with E-state index in [9.17, 15) is 0 Å². The first-order valence-corrected chi connectivity index (χ1v) is 9.73. The number of ether oxygens (including phenoxy) is 1. The Labute approximate surface area is 160 Å². The molecule has 1 aromatic carbocycles. The molecule has 0 unspecified atom stereocenters. The number of hydrogen-bond acceptors (Lipinski definition) is 2. The standard InChI is InChI=1S/C24H35NO/c1-10-16-14-25-15-17(11-2)21(16)18-12-19(23(3,4)5)22(26-9)20(13-18)24(6,7)8/h12-15H,10-11H2,1-9H3. The molecule has 2 nitrogen and oxygen atoms in total. The Morgan fingerprint density at radius 3 is 1.54 bits per heavy atom. The van der Waals surface area contributed by atoms with Crippen LogP contribution in [0.2, 0.25) is 0 Å². The van der Waals surface area contributed by atoms with Gasteiger partial charge < -0.3 is 4.74 Å². The van der Waals surface area contributed by atoms with E-state index in [1.807, 2.05) is 12.4 Å². The second-order valence-electron chi connectivity index (χ2n) is 9.14. The van der Waals surface area contributed by atoms with E-state index in [2.05, 4.69) is 72.5 Å². The summed E-state index contributed by atoms with van der Waals surface area (Å²) < 4.78 is 5.92. The fraction of sp³-hybridized carbons (Fsp3) is 0.542. The Balaban J connectivity index is 2.93. The third-order valence-corrected chi connectivity index (χ3v) is 5.06. The van der Waals surface area contributed by atoms with Gasteiger partial charge in [0.15, 0.2) is 0 Å². The Hall–Kier alpha value is -1.83. The Morgan fingerprint density at radius 1 is 0.808 bits per heavy atom. The molecule has 0 aliphatic carbocycles. The molecule has 1 heterocycles. The van der Waals surface area contributed by atoms with Crippen LogP contribution in [-0.2, 0) is 23.7 Å². The molecule has 0 aliphatic rings. The lowest BCUT2D eigenvalue weighted by Gasteiger charge is -2.30. The van der Waals surface area contributed by atoms with Crippen molar-refractivity contribution in [2.75, 3.05) is 7.11 Å². The maximum atomic E-state index is 5.92. The Bertz CT molecular complexity index is 719. The number of aromatic nitrogens is 1. The maximum Gasteiger partial charge on any atom is 0.126 e. The SMILES string of the molecule is CCc1cncc(CC)c1-c1cc(C(C)(C)C)c(OC)c(C(C)(C)C)c1. The van der Waals surface area contributed by atoms with Crippen LogP contribution in [-0.4, -0.2) is 12.1 Å². The van der Waals surface area contributed by atoms with Gasteiger partial charge in [-0.05, 0) is 58.1 Å². The minimum atomic E-state index is 0.00708. The highest BCUT2D eigenvalue weighted by molar-refractivity contribution is 5.74. The molecule has 2 rings (SSSR count). The third-order valence-electron chi connectivity index (χ3n) is 5.06. The molecular weight excluding hydrogens is 318 g/mol. The van der Waals surface area contributed by atoms with Crippen molar-refractivity contribution in [2.24, 2.45) is 0 Å². The van der Waals surface area contributed by atoms with Gasteiger partial charge in [0, 0.05) is 23.5 Å². The zero-order chi connectivity index (χ0) is 19.7. The number of benzene rings is 1. The van der Waals surface area contributed by atoms with Crippen molar-refractivity contribution >= 4 is 0 Å². The van der Waals surface area contributed by atoms with Gasteiger partial charge in [-0.15, -0.1) is 0 Å². The number of rotatable bonds is 4. The molecule has 142 valence electrons. The van der Waals surface area contributed by atoms with Crippen molar-refractivity contribution in [3.8, 4) is 16.9 Å². The van der Waals surface area contributed by atoms with Crippen LogP contribution < -0.4 is 4.74 Å². The molecule has 0 amide bonds. The van der Waals surface area contributed by atoms with E-state index in [0.717, 1.165) is 18.6 Å². The van der Waals surface area contributed by atoms with Crippen LogP contribution in [0.1, 0.15) is 77.6 Å². The van der Waals surface area contributed by atoms with Gasteiger partial charge in [-0.25, -0.2) is 0 Å². The third kappa shape index (κ3) is 3.95. The van der Waals surface area contributed by atoms with Crippen LogP contribution in [0.4, 0.5) is 0 Å². The quantitative estimate of drug-likeness (QED) is 0.628. The number of nitrogens with zero attached hydrogens (tertiary/aromatic N) is 1. The van der Waals surface area contributed by atoms with Crippen molar-refractivity contribution in [1.29, 1.82) is 0 Å². The average molecular weight is 354 g/mol. The van der Waals surface area contributed by atoms with Gasteiger partial charge in [0.2, 0.25) is 0 Å². The van der Waals surface area contributed by atoms with Crippen molar-refractivity contribution in [3.63, 3.8) is 0 Å². The first-order valence-electron chi connectivity index (χ1n) is 9.73. The zero-order valence-corrected chi connectivity index (χ0v) is 18.1. The van der Waals surface area contributed by atoms with Crippen molar-refractivity contribution in [1.82, 2.24) is 4.98 Å².